The van der Waals surface area contributed by atoms with Gasteiger partial charge in [0.05, 0.1) is 14.2 Å². The van der Waals surface area contributed by atoms with Crippen LogP contribution in [0.2, 0.25) is 0 Å². The minimum Gasteiger partial charge on any atom is -0.493 e. The molecule has 0 spiro atoms. The average molecular weight is 356 g/mol. The summed E-state index contributed by atoms with van der Waals surface area (Å²) in [5.74, 6) is 2.52. The zero-order valence-corrected chi connectivity index (χ0v) is 16.1. The third-order valence-corrected chi connectivity index (χ3v) is 4.54. The Balaban J connectivity index is 1.81. The number of hydrogen-bond donors (Lipinski definition) is 0. The van der Waals surface area contributed by atoms with Gasteiger partial charge in [0.25, 0.3) is 0 Å². The molecule has 3 rings (SSSR count). The Hall–Kier alpha value is -2.24. The van der Waals surface area contributed by atoms with Crippen LogP contribution in [0.4, 0.5) is 0 Å². The second-order valence-corrected chi connectivity index (χ2v) is 6.97. The lowest BCUT2D eigenvalue weighted by molar-refractivity contribution is 0.116. The number of nitrogens with zero attached hydrogens (tertiary/aromatic N) is 2. The summed E-state index contributed by atoms with van der Waals surface area (Å²) >= 11 is 0. The lowest BCUT2D eigenvalue weighted by atomic mass is 10.1. The topological polar surface area (TPSA) is 34.2 Å². The van der Waals surface area contributed by atoms with Gasteiger partial charge in [-0.15, -0.1) is 0 Å². The number of benzene rings is 2. The van der Waals surface area contributed by atoms with Crippen molar-refractivity contribution >= 4 is 0 Å². The van der Waals surface area contributed by atoms with E-state index in [0.717, 1.165) is 43.4 Å². The third-order valence-electron chi connectivity index (χ3n) is 4.54. The number of rotatable bonds is 6. The van der Waals surface area contributed by atoms with Crippen molar-refractivity contribution in [3.05, 3.63) is 53.6 Å². The van der Waals surface area contributed by atoms with E-state index in [1.807, 2.05) is 12.1 Å². The van der Waals surface area contributed by atoms with Gasteiger partial charge in [-0.2, -0.15) is 0 Å². The van der Waals surface area contributed by atoms with Crippen molar-refractivity contribution < 1.29 is 14.2 Å². The summed E-state index contributed by atoms with van der Waals surface area (Å²) in [5.41, 5.74) is 2.43. The van der Waals surface area contributed by atoms with E-state index < -0.39 is 0 Å². The maximum Gasteiger partial charge on any atom is 0.161 e. The molecule has 1 aliphatic heterocycles. The maximum atomic E-state index is 6.29. The summed E-state index contributed by atoms with van der Waals surface area (Å²) in [6, 6.07) is 14.4. The van der Waals surface area contributed by atoms with Crippen molar-refractivity contribution in [3.8, 4) is 17.2 Å². The van der Waals surface area contributed by atoms with Crippen LogP contribution in [0.25, 0.3) is 0 Å². The first-order chi connectivity index (χ1) is 12.6. The van der Waals surface area contributed by atoms with Crippen LogP contribution >= 0.6 is 0 Å². The number of ether oxygens (including phenoxy) is 3. The van der Waals surface area contributed by atoms with Gasteiger partial charge in [-0.3, -0.25) is 4.90 Å². The average Bonchev–Trinajstić information content (AvgIpc) is 2.79. The molecule has 2 aromatic carbocycles. The molecule has 0 radical (unpaired) electrons. The van der Waals surface area contributed by atoms with Gasteiger partial charge in [0.1, 0.15) is 11.9 Å². The van der Waals surface area contributed by atoms with Gasteiger partial charge in [-0.1, -0.05) is 24.3 Å². The van der Waals surface area contributed by atoms with Crippen molar-refractivity contribution in [1.82, 2.24) is 9.80 Å². The molecule has 0 saturated heterocycles. The minimum absolute atomic E-state index is 0.133. The third kappa shape index (κ3) is 4.48. The van der Waals surface area contributed by atoms with E-state index in [2.05, 4.69) is 54.2 Å². The molecule has 0 unspecified atom stereocenters. The van der Waals surface area contributed by atoms with Crippen LogP contribution in [-0.2, 0) is 13.1 Å². The molecule has 5 nitrogen and oxygen atoms in total. The van der Waals surface area contributed by atoms with Gasteiger partial charge >= 0.3 is 0 Å². The number of hydrogen-bond acceptors (Lipinski definition) is 5. The molecule has 1 aliphatic rings. The fraction of sp³-hybridized carbons (Fsp3) is 0.429. The van der Waals surface area contributed by atoms with E-state index in [1.54, 1.807) is 14.2 Å². The number of methoxy groups -OCH3 is 2. The lowest BCUT2D eigenvalue weighted by Gasteiger charge is -2.26. The summed E-state index contributed by atoms with van der Waals surface area (Å²) < 4.78 is 17.1. The fourth-order valence-corrected chi connectivity index (χ4v) is 3.42. The summed E-state index contributed by atoms with van der Waals surface area (Å²) in [6.45, 7) is 3.47. The summed E-state index contributed by atoms with van der Waals surface area (Å²) in [5, 5.41) is 0. The Labute approximate surface area is 156 Å². The number of likely N-dealkylation sites (N-methyl/N-ethyl adjacent to an activating group) is 1. The molecule has 0 aliphatic carbocycles. The van der Waals surface area contributed by atoms with Gasteiger partial charge in [0.15, 0.2) is 11.5 Å². The zero-order chi connectivity index (χ0) is 18.5. The highest BCUT2D eigenvalue weighted by atomic mass is 16.5. The zero-order valence-electron chi connectivity index (χ0n) is 16.1. The smallest absolute Gasteiger partial charge is 0.161 e. The van der Waals surface area contributed by atoms with Crippen molar-refractivity contribution in [1.29, 1.82) is 0 Å². The highest BCUT2D eigenvalue weighted by Gasteiger charge is 2.23. The Morgan fingerprint density at radius 3 is 2.58 bits per heavy atom. The molecule has 5 heteroatoms. The number of fused-ring (bicyclic) bond motifs is 1. The molecule has 0 fully saturated rings. The van der Waals surface area contributed by atoms with E-state index in [4.69, 9.17) is 14.2 Å². The monoisotopic (exact) mass is 356 g/mol. The lowest BCUT2D eigenvalue weighted by Crippen LogP contribution is -2.39. The molecule has 140 valence electrons. The predicted octanol–water partition coefficient (Wildman–Crippen LogP) is 3.03. The Bertz CT molecular complexity index is 733. The summed E-state index contributed by atoms with van der Waals surface area (Å²) in [7, 11) is 7.49. The molecule has 0 aromatic heterocycles. The first-order valence-electron chi connectivity index (χ1n) is 8.91. The molecule has 1 atom stereocenters. The van der Waals surface area contributed by atoms with Crippen molar-refractivity contribution in [2.75, 3.05) is 41.4 Å². The van der Waals surface area contributed by atoms with Crippen molar-refractivity contribution in [3.63, 3.8) is 0 Å². The van der Waals surface area contributed by atoms with Gasteiger partial charge in [0, 0.05) is 31.7 Å². The van der Waals surface area contributed by atoms with Crippen LogP contribution in [-0.4, -0.2) is 57.3 Å². The van der Waals surface area contributed by atoms with E-state index in [0.29, 0.717) is 0 Å². The van der Waals surface area contributed by atoms with Crippen LogP contribution < -0.4 is 14.2 Å². The van der Waals surface area contributed by atoms with Crippen LogP contribution in [0.1, 0.15) is 11.1 Å². The van der Waals surface area contributed by atoms with E-state index in [1.165, 1.54) is 11.1 Å². The summed E-state index contributed by atoms with van der Waals surface area (Å²) in [4.78, 5) is 4.61. The Morgan fingerprint density at radius 1 is 1.08 bits per heavy atom. The van der Waals surface area contributed by atoms with E-state index >= 15 is 0 Å². The standard InChI is InChI=1S/C21H28N2O3/c1-22(2)14-18-15-23(13-17-7-5-6-8-19(17)26-18)12-16-9-10-20(24-3)21(11-16)25-4/h5-11,18H,12-15H2,1-4H3/t18-/m0/s1. The van der Waals surface area contributed by atoms with Gasteiger partial charge in [-0.25, -0.2) is 0 Å². The Kier molecular flexibility index (Phi) is 6.01. The molecule has 0 bridgehead atoms. The van der Waals surface area contributed by atoms with Crippen molar-refractivity contribution in [2.24, 2.45) is 0 Å². The predicted molar refractivity (Wildman–Crippen MR) is 103 cm³/mol. The maximum absolute atomic E-state index is 6.29. The molecule has 0 N–H and O–H groups in total. The van der Waals surface area contributed by atoms with E-state index in [9.17, 15) is 0 Å². The SMILES string of the molecule is COc1ccc(CN2Cc3ccccc3O[C@@H](CN(C)C)C2)cc1OC. The molecular weight excluding hydrogens is 328 g/mol. The largest absolute Gasteiger partial charge is 0.493 e. The second kappa shape index (κ2) is 8.43. The molecular formula is C21H28N2O3. The first kappa shape index (κ1) is 18.5. The first-order valence-corrected chi connectivity index (χ1v) is 8.91. The van der Waals surface area contributed by atoms with E-state index in [-0.39, 0.29) is 6.10 Å². The van der Waals surface area contributed by atoms with Crippen molar-refractivity contribution in [2.45, 2.75) is 19.2 Å². The summed E-state index contributed by atoms with van der Waals surface area (Å²) in [6.07, 6.45) is 0.133. The second-order valence-electron chi connectivity index (χ2n) is 6.97. The molecule has 26 heavy (non-hydrogen) atoms. The normalized spacial score (nSPS) is 17.3. The fourth-order valence-electron chi connectivity index (χ4n) is 3.42. The van der Waals surface area contributed by atoms with Crippen LogP contribution in [0.5, 0.6) is 17.2 Å². The molecule has 0 amide bonds. The number of para-hydroxylation sites is 1. The van der Waals surface area contributed by atoms with Gasteiger partial charge < -0.3 is 19.1 Å². The Morgan fingerprint density at radius 2 is 1.85 bits per heavy atom. The highest BCUT2D eigenvalue weighted by Crippen LogP contribution is 2.30. The molecule has 1 heterocycles. The quantitative estimate of drug-likeness (QED) is 0.795. The molecule has 0 saturated carbocycles. The van der Waals surface area contributed by atoms with Gasteiger partial charge in [0.2, 0.25) is 0 Å². The van der Waals surface area contributed by atoms with Crippen LogP contribution in [0, 0.1) is 0 Å². The minimum atomic E-state index is 0.133. The highest BCUT2D eigenvalue weighted by molar-refractivity contribution is 5.43. The van der Waals surface area contributed by atoms with Gasteiger partial charge in [-0.05, 0) is 37.9 Å². The molecule has 2 aromatic rings. The van der Waals surface area contributed by atoms with Crippen LogP contribution in [0.3, 0.4) is 0 Å². The van der Waals surface area contributed by atoms with Crippen LogP contribution in [0.15, 0.2) is 42.5 Å².